The maximum Gasteiger partial charge on any atom is 0.332 e. The zero-order valence-electron chi connectivity index (χ0n) is 13.2. The van der Waals surface area contributed by atoms with Gasteiger partial charge in [-0.05, 0) is 30.7 Å². The molecule has 0 unspecified atom stereocenters. The number of aryl methyl sites for hydroxylation is 1. The summed E-state index contributed by atoms with van der Waals surface area (Å²) in [6.45, 7) is 1.76. The van der Waals surface area contributed by atoms with E-state index in [0.29, 0.717) is 11.3 Å². The third-order valence-corrected chi connectivity index (χ3v) is 3.08. The number of urea groups is 1. The fourth-order valence-electron chi connectivity index (χ4n) is 1.93. The number of benzene rings is 2. The Balaban J connectivity index is 1.96. The SMILES string of the molecule is Cc1ccccc1NC(=O)COc1ccccc1/C=N/NC(N)=O. The van der Waals surface area contributed by atoms with Crippen LogP contribution < -0.4 is 21.2 Å². The number of nitrogens with zero attached hydrogens (tertiary/aromatic N) is 1. The van der Waals surface area contributed by atoms with Crippen LogP contribution in [-0.4, -0.2) is 24.8 Å². The molecular weight excluding hydrogens is 308 g/mol. The minimum atomic E-state index is -0.762. The van der Waals surface area contributed by atoms with Crippen molar-refractivity contribution in [2.45, 2.75) is 6.92 Å². The molecule has 124 valence electrons. The number of hydrazone groups is 1. The van der Waals surface area contributed by atoms with Crippen LogP contribution in [0.4, 0.5) is 10.5 Å². The van der Waals surface area contributed by atoms with Crippen molar-refractivity contribution in [3.05, 3.63) is 59.7 Å². The maximum absolute atomic E-state index is 12.0. The predicted molar refractivity (Wildman–Crippen MR) is 92.1 cm³/mol. The van der Waals surface area contributed by atoms with Crippen LogP contribution >= 0.6 is 0 Å². The topological polar surface area (TPSA) is 106 Å². The first-order chi connectivity index (χ1) is 11.6. The van der Waals surface area contributed by atoms with Crippen molar-refractivity contribution in [3.8, 4) is 5.75 Å². The summed E-state index contributed by atoms with van der Waals surface area (Å²) in [4.78, 5) is 22.6. The van der Waals surface area contributed by atoms with Crippen LogP contribution in [0.5, 0.6) is 5.75 Å². The number of carbonyl (C=O) groups is 2. The third-order valence-electron chi connectivity index (χ3n) is 3.08. The normalized spacial score (nSPS) is 10.4. The number of anilines is 1. The minimum absolute atomic E-state index is 0.150. The van der Waals surface area contributed by atoms with Gasteiger partial charge in [0.1, 0.15) is 5.75 Å². The summed E-state index contributed by atoms with van der Waals surface area (Å²) >= 11 is 0. The average molecular weight is 326 g/mol. The molecule has 24 heavy (non-hydrogen) atoms. The highest BCUT2D eigenvalue weighted by molar-refractivity contribution is 5.93. The standard InChI is InChI=1S/C17H18N4O3/c1-12-6-2-4-8-14(12)20-16(22)11-24-15-9-5-3-7-13(15)10-19-21-17(18)23/h2-10H,11H2,1H3,(H,20,22)(H3,18,21,23)/b19-10+. The Morgan fingerprint density at radius 2 is 1.88 bits per heavy atom. The Morgan fingerprint density at radius 3 is 2.62 bits per heavy atom. The molecule has 0 aliphatic heterocycles. The molecule has 0 bridgehead atoms. The monoisotopic (exact) mass is 326 g/mol. The molecule has 0 aliphatic rings. The number of nitrogens with two attached hydrogens (primary N) is 1. The highest BCUT2D eigenvalue weighted by Gasteiger charge is 2.07. The van der Waals surface area contributed by atoms with Crippen molar-refractivity contribution in [2.24, 2.45) is 10.8 Å². The Hall–Kier alpha value is -3.35. The van der Waals surface area contributed by atoms with Gasteiger partial charge in [-0.15, -0.1) is 0 Å². The summed E-state index contributed by atoms with van der Waals surface area (Å²) in [6.07, 6.45) is 1.39. The average Bonchev–Trinajstić information content (AvgIpc) is 2.56. The van der Waals surface area contributed by atoms with Crippen molar-refractivity contribution in [1.82, 2.24) is 5.43 Å². The lowest BCUT2D eigenvalue weighted by molar-refractivity contribution is -0.118. The molecular formula is C17H18N4O3. The van der Waals surface area contributed by atoms with Crippen molar-refractivity contribution < 1.29 is 14.3 Å². The van der Waals surface area contributed by atoms with Crippen LogP contribution in [0.25, 0.3) is 0 Å². The number of rotatable bonds is 6. The Kier molecular flexibility index (Phi) is 5.90. The van der Waals surface area contributed by atoms with Crippen LogP contribution in [0.1, 0.15) is 11.1 Å². The number of amides is 3. The molecule has 0 atom stereocenters. The third kappa shape index (κ3) is 5.13. The van der Waals surface area contributed by atoms with E-state index < -0.39 is 6.03 Å². The zero-order valence-corrected chi connectivity index (χ0v) is 13.2. The molecule has 0 aliphatic carbocycles. The fourth-order valence-corrected chi connectivity index (χ4v) is 1.93. The fraction of sp³-hybridized carbons (Fsp3) is 0.118. The molecule has 0 saturated carbocycles. The van der Waals surface area contributed by atoms with Gasteiger partial charge in [-0.25, -0.2) is 10.2 Å². The summed E-state index contributed by atoms with van der Waals surface area (Å²) in [5.74, 6) is 0.193. The van der Waals surface area contributed by atoms with Crippen LogP contribution in [0, 0.1) is 6.92 Å². The van der Waals surface area contributed by atoms with Crippen LogP contribution in [0.2, 0.25) is 0 Å². The van der Waals surface area contributed by atoms with E-state index in [0.717, 1.165) is 11.3 Å². The summed E-state index contributed by atoms with van der Waals surface area (Å²) < 4.78 is 5.52. The Morgan fingerprint density at radius 1 is 1.17 bits per heavy atom. The number of ether oxygens (including phenoxy) is 1. The molecule has 3 amide bonds. The number of hydrogen-bond donors (Lipinski definition) is 3. The van der Waals surface area contributed by atoms with Gasteiger partial charge in [0.05, 0.1) is 6.21 Å². The summed E-state index contributed by atoms with van der Waals surface area (Å²) in [5.41, 5.74) is 9.35. The molecule has 2 rings (SSSR count). The number of hydrogen-bond acceptors (Lipinski definition) is 4. The van der Waals surface area contributed by atoms with Crippen molar-refractivity contribution >= 4 is 23.8 Å². The van der Waals surface area contributed by atoms with Gasteiger partial charge in [-0.1, -0.05) is 30.3 Å². The van der Waals surface area contributed by atoms with Crippen LogP contribution in [0.3, 0.4) is 0 Å². The van der Waals surface area contributed by atoms with Gasteiger partial charge in [0, 0.05) is 11.3 Å². The van der Waals surface area contributed by atoms with Gasteiger partial charge < -0.3 is 15.8 Å². The van der Waals surface area contributed by atoms with E-state index >= 15 is 0 Å². The smallest absolute Gasteiger partial charge is 0.332 e. The van der Waals surface area contributed by atoms with E-state index in [1.165, 1.54) is 6.21 Å². The lowest BCUT2D eigenvalue weighted by atomic mass is 10.2. The van der Waals surface area contributed by atoms with E-state index in [1.54, 1.807) is 24.3 Å². The quantitative estimate of drug-likeness (QED) is 0.558. The molecule has 7 heteroatoms. The molecule has 2 aromatic carbocycles. The number of carbonyl (C=O) groups excluding carboxylic acids is 2. The minimum Gasteiger partial charge on any atom is -0.483 e. The van der Waals surface area contributed by atoms with Crippen molar-refractivity contribution in [2.75, 3.05) is 11.9 Å². The van der Waals surface area contributed by atoms with Crippen molar-refractivity contribution in [1.29, 1.82) is 0 Å². The summed E-state index contributed by atoms with van der Waals surface area (Å²) in [7, 11) is 0. The number of primary amides is 1. The molecule has 2 aromatic rings. The number of nitrogens with one attached hydrogen (secondary N) is 2. The van der Waals surface area contributed by atoms with Crippen LogP contribution in [0.15, 0.2) is 53.6 Å². The highest BCUT2D eigenvalue weighted by Crippen LogP contribution is 2.16. The second kappa shape index (κ2) is 8.33. The predicted octanol–water partition coefficient (Wildman–Crippen LogP) is 2.01. The van der Waals surface area contributed by atoms with Gasteiger partial charge in [0.2, 0.25) is 0 Å². The summed E-state index contributed by atoms with van der Waals surface area (Å²) in [5, 5.41) is 6.47. The molecule has 4 N–H and O–H groups in total. The summed E-state index contributed by atoms with van der Waals surface area (Å²) in [6, 6.07) is 13.7. The second-order valence-electron chi connectivity index (χ2n) is 4.92. The van der Waals surface area contributed by atoms with Gasteiger partial charge in [-0.2, -0.15) is 5.10 Å². The van der Waals surface area contributed by atoms with E-state index in [4.69, 9.17) is 10.5 Å². The Bertz CT molecular complexity index is 759. The molecule has 7 nitrogen and oxygen atoms in total. The van der Waals surface area contributed by atoms with Gasteiger partial charge >= 0.3 is 6.03 Å². The highest BCUT2D eigenvalue weighted by atomic mass is 16.5. The molecule has 0 saturated heterocycles. The first-order valence-electron chi connectivity index (χ1n) is 7.22. The molecule has 0 radical (unpaired) electrons. The molecule has 0 aromatic heterocycles. The van der Waals surface area contributed by atoms with E-state index in [2.05, 4.69) is 15.8 Å². The zero-order chi connectivity index (χ0) is 17.4. The van der Waals surface area contributed by atoms with Crippen molar-refractivity contribution in [3.63, 3.8) is 0 Å². The van der Waals surface area contributed by atoms with Gasteiger partial charge in [0.15, 0.2) is 6.61 Å². The van der Waals surface area contributed by atoms with E-state index in [9.17, 15) is 9.59 Å². The number of para-hydroxylation sites is 2. The second-order valence-corrected chi connectivity index (χ2v) is 4.92. The van der Waals surface area contributed by atoms with E-state index in [1.807, 2.05) is 31.2 Å². The van der Waals surface area contributed by atoms with Gasteiger partial charge in [0.25, 0.3) is 5.91 Å². The molecule has 0 fully saturated rings. The first-order valence-corrected chi connectivity index (χ1v) is 7.22. The largest absolute Gasteiger partial charge is 0.483 e. The molecule has 0 heterocycles. The lowest BCUT2D eigenvalue weighted by Gasteiger charge is -2.10. The molecule has 0 spiro atoms. The Labute approximate surface area is 139 Å². The van der Waals surface area contributed by atoms with Gasteiger partial charge in [-0.3, -0.25) is 4.79 Å². The first kappa shape index (κ1) is 17.0. The van der Waals surface area contributed by atoms with Crippen LogP contribution in [-0.2, 0) is 4.79 Å². The van der Waals surface area contributed by atoms with E-state index in [-0.39, 0.29) is 12.5 Å². The lowest BCUT2D eigenvalue weighted by Crippen LogP contribution is -2.24. The maximum atomic E-state index is 12.0.